The summed E-state index contributed by atoms with van der Waals surface area (Å²) in [5.74, 6) is -2.50. The van der Waals surface area contributed by atoms with Gasteiger partial charge in [-0.1, -0.05) is 48.4 Å². The molecule has 232 valence electrons. The van der Waals surface area contributed by atoms with Gasteiger partial charge in [-0.3, -0.25) is 24.3 Å². The van der Waals surface area contributed by atoms with Crippen molar-refractivity contribution >= 4 is 52.1 Å². The molecular weight excluding hydrogens is 619 g/mol. The van der Waals surface area contributed by atoms with E-state index in [0.29, 0.717) is 31.6 Å². The van der Waals surface area contributed by atoms with Gasteiger partial charge < -0.3 is 21.1 Å². The molecule has 0 aliphatic carbocycles. The number of carbonyl (C=O) groups is 3. The lowest BCUT2D eigenvalue weighted by Crippen LogP contribution is -2.44. The highest BCUT2D eigenvalue weighted by Gasteiger charge is 2.28. The first-order chi connectivity index (χ1) is 21.8. The third kappa shape index (κ3) is 6.74. The number of fused-ring (bicyclic) bond motifs is 1. The minimum Gasteiger partial charge on any atom is -0.480 e. The molecule has 0 saturated carbocycles. The first-order valence-electron chi connectivity index (χ1n) is 14.6. The number of nitrogens with zero attached hydrogens (tertiary/aromatic N) is 3. The molecule has 0 bridgehead atoms. The van der Waals surface area contributed by atoms with Crippen molar-refractivity contribution in [3.8, 4) is 11.1 Å². The average Bonchev–Trinajstić information content (AvgIpc) is 3.49. The van der Waals surface area contributed by atoms with Gasteiger partial charge in [0.05, 0.1) is 22.1 Å². The van der Waals surface area contributed by atoms with Crippen molar-refractivity contribution in [1.82, 2.24) is 20.2 Å². The molecule has 0 unspecified atom stereocenters. The van der Waals surface area contributed by atoms with Crippen molar-refractivity contribution in [3.63, 3.8) is 0 Å². The predicted molar refractivity (Wildman–Crippen MR) is 170 cm³/mol. The maximum atomic E-state index is 15.7. The number of rotatable bonds is 8. The second-order valence-corrected chi connectivity index (χ2v) is 12.4. The summed E-state index contributed by atoms with van der Waals surface area (Å²) in [4.78, 5) is 49.2. The zero-order chi connectivity index (χ0) is 31.5. The largest absolute Gasteiger partial charge is 0.480 e. The number of amides is 2. The summed E-state index contributed by atoms with van der Waals surface area (Å²) < 4.78 is 15.7. The van der Waals surface area contributed by atoms with Crippen molar-refractivity contribution < 1.29 is 23.9 Å². The maximum absolute atomic E-state index is 15.7. The standard InChI is InChI=1S/C32H30ClFN6O4S/c33-27-19(20-6-4-8-23(28(20)34)38-30(42)31-39-21-12-13-35-16-26(21)45-31)5-3-7-22(27)37-29(41)24-11-10-18(15-36-24)17-40-14-2-1-9-25(40)32(43)44/h3-8,10-11,15,25,35H,1-2,9,12-14,16-17H2,(H,37,41)(H,38,42)(H,43,44)/t25-/m0/s1. The quantitative estimate of drug-likeness (QED) is 0.194. The van der Waals surface area contributed by atoms with Crippen LogP contribution >= 0.6 is 22.9 Å². The lowest BCUT2D eigenvalue weighted by atomic mass is 10.0. The van der Waals surface area contributed by atoms with Crippen LogP contribution in [0.25, 0.3) is 11.1 Å². The number of piperidine rings is 1. The highest BCUT2D eigenvalue weighted by molar-refractivity contribution is 7.13. The average molecular weight is 649 g/mol. The van der Waals surface area contributed by atoms with Gasteiger partial charge in [0, 0.05) is 48.3 Å². The number of hydrogen-bond donors (Lipinski definition) is 4. The molecule has 4 heterocycles. The van der Waals surface area contributed by atoms with Gasteiger partial charge in [-0.15, -0.1) is 11.3 Å². The molecule has 2 amide bonds. The van der Waals surface area contributed by atoms with Crippen molar-refractivity contribution in [2.75, 3.05) is 23.7 Å². The second-order valence-electron chi connectivity index (χ2n) is 10.9. The minimum atomic E-state index is -0.833. The smallest absolute Gasteiger partial charge is 0.320 e. The van der Waals surface area contributed by atoms with E-state index >= 15 is 4.39 Å². The maximum Gasteiger partial charge on any atom is 0.320 e. The fraction of sp³-hybridized carbons (Fsp3) is 0.281. The summed E-state index contributed by atoms with van der Waals surface area (Å²) in [6, 6.07) is 12.3. The number of carbonyl (C=O) groups excluding carboxylic acids is 2. The number of thiazole rings is 1. The molecule has 1 atom stereocenters. The number of halogens is 2. The predicted octanol–water partition coefficient (Wildman–Crippen LogP) is 5.59. The van der Waals surface area contributed by atoms with E-state index in [9.17, 15) is 19.5 Å². The Labute approximate surface area is 267 Å². The Kier molecular flexibility index (Phi) is 9.17. The molecule has 4 aromatic rings. The summed E-state index contributed by atoms with van der Waals surface area (Å²) in [6.07, 6.45) is 4.73. The molecule has 13 heteroatoms. The van der Waals surface area contributed by atoms with Crippen LogP contribution in [-0.4, -0.2) is 56.9 Å². The van der Waals surface area contributed by atoms with Crippen LogP contribution in [0.1, 0.15) is 55.7 Å². The number of aromatic nitrogens is 2. The van der Waals surface area contributed by atoms with E-state index in [1.165, 1.54) is 17.4 Å². The summed E-state index contributed by atoms with van der Waals surface area (Å²) in [6.45, 7) is 2.57. The summed E-state index contributed by atoms with van der Waals surface area (Å²) >= 11 is 7.96. The lowest BCUT2D eigenvalue weighted by molar-refractivity contribution is -0.144. The molecule has 1 saturated heterocycles. The van der Waals surface area contributed by atoms with Crippen LogP contribution in [0.2, 0.25) is 5.02 Å². The molecule has 45 heavy (non-hydrogen) atoms. The van der Waals surface area contributed by atoms with E-state index in [1.54, 1.807) is 48.7 Å². The Morgan fingerprint density at radius 1 is 1.04 bits per heavy atom. The van der Waals surface area contributed by atoms with Gasteiger partial charge in [0.15, 0.2) is 10.8 Å². The number of nitrogens with one attached hydrogen (secondary N) is 3. The van der Waals surface area contributed by atoms with E-state index in [1.807, 2.05) is 4.90 Å². The topological polar surface area (TPSA) is 137 Å². The van der Waals surface area contributed by atoms with Crippen LogP contribution < -0.4 is 16.0 Å². The van der Waals surface area contributed by atoms with E-state index in [2.05, 4.69) is 25.9 Å². The lowest BCUT2D eigenvalue weighted by Gasteiger charge is -2.32. The van der Waals surface area contributed by atoms with E-state index in [0.717, 1.165) is 41.9 Å². The number of carboxylic acids is 1. The molecule has 2 aliphatic heterocycles. The number of likely N-dealkylation sites (tertiary alicyclic amines) is 1. The normalized spacial score (nSPS) is 16.5. The summed E-state index contributed by atoms with van der Waals surface area (Å²) in [5.41, 5.74) is 2.56. The molecule has 10 nitrogen and oxygen atoms in total. The van der Waals surface area contributed by atoms with Crippen LogP contribution in [0.4, 0.5) is 15.8 Å². The zero-order valence-corrected chi connectivity index (χ0v) is 25.7. The first-order valence-corrected chi connectivity index (χ1v) is 15.8. The van der Waals surface area contributed by atoms with Crippen molar-refractivity contribution in [2.24, 2.45) is 0 Å². The van der Waals surface area contributed by atoms with E-state index in [-0.39, 0.29) is 32.7 Å². The van der Waals surface area contributed by atoms with Gasteiger partial charge >= 0.3 is 5.97 Å². The highest BCUT2D eigenvalue weighted by atomic mass is 35.5. The van der Waals surface area contributed by atoms with Crippen molar-refractivity contribution in [1.29, 1.82) is 0 Å². The van der Waals surface area contributed by atoms with Gasteiger partial charge in [-0.2, -0.15) is 0 Å². The molecule has 0 spiro atoms. The van der Waals surface area contributed by atoms with Crippen LogP contribution in [0, 0.1) is 5.82 Å². The van der Waals surface area contributed by atoms with E-state index in [4.69, 9.17) is 11.6 Å². The molecule has 6 rings (SSSR count). The van der Waals surface area contributed by atoms with Crippen molar-refractivity contribution in [2.45, 2.75) is 44.8 Å². The monoisotopic (exact) mass is 648 g/mol. The number of aliphatic carboxylic acids is 1. The number of anilines is 2. The Morgan fingerprint density at radius 2 is 1.82 bits per heavy atom. The molecule has 2 aromatic heterocycles. The number of benzene rings is 2. The Bertz CT molecular complexity index is 1740. The Balaban J connectivity index is 1.15. The number of hydrogen-bond acceptors (Lipinski definition) is 8. The molecule has 0 radical (unpaired) electrons. The SMILES string of the molecule is O=C(Nc1cccc(-c2cccc(NC(=O)c3nc4c(s3)CNCC4)c2F)c1Cl)c1ccc(CN2CCCC[C@H]2C(=O)O)cn1. The van der Waals surface area contributed by atoms with Gasteiger partial charge in [0.25, 0.3) is 11.8 Å². The first kappa shape index (κ1) is 30.8. The molecule has 2 aliphatic rings. The number of carboxylic acid groups (broad SMARTS) is 1. The molecule has 4 N–H and O–H groups in total. The number of pyridine rings is 1. The Hall–Kier alpha value is -4.23. The summed E-state index contributed by atoms with van der Waals surface area (Å²) in [5, 5.41) is 18.5. The van der Waals surface area contributed by atoms with Crippen LogP contribution in [0.5, 0.6) is 0 Å². The summed E-state index contributed by atoms with van der Waals surface area (Å²) in [7, 11) is 0. The Morgan fingerprint density at radius 3 is 2.58 bits per heavy atom. The van der Waals surface area contributed by atoms with Crippen LogP contribution in [0.3, 0.4) is 0 Å². The van der Waals surface area contributed by atoms with Crippen LogP contribution in [-0.2, 0) is 24.3 Å². The third-order valence-electron chi connectivity index (χ3n) is 7.92. The zero-order valence-electron chi connectivity index (χ0n) is 24.1. The molecular formula is C32H30ClFN6O4S. The van der Waals surface area contributed by atoms with Gasteiger partial charge in [-0.25, -0.2) is 9.37 Å². The van der Waals surface area contributed by atoms with Crippen LogP contribution in [0.15, 0.2) is 54.7 Å². The molecule has 2 aromatic carbocycles. The van der Waals surface area contributed by atoms with Gasteiger partial charge in [0.2, 0.25) is 0 Å². The minimum absolute atomic E-state index is 0.0159. The fourth-order valence-corrected chi connectivity index (χ4v) is 6.85. The second kappa shape index (κ2) is 13.4. The van der Waals surface area contributed by atoms with Gasteiger partial charge in [0.1, 0.15) is 11.7 Å². The fourth-order valence-electron chi connectivity index (χ4n) is 5.60. The third-order valence-corrected chi connectivity index (χ3v) is 9.43. The van der Waals surface area contributed by atoms with E-state index < -0.39 is 29.6 Å². The van der Waals surface area contributed by atoms with Gasteiger partial charge in [-0.05, 0) is 43.1 Å². The molecule has 1 fully saturated rings. The highest BCUT2D eigenvalue weighted by Crippen LogP contribution is 2.37. The van der Waals surface area contributed by atoms with Crippen molar-refractivity contribution in [3.05, 3.63) is 92.4 Å².